The highest BCUT2D eigenvalue weighted by Gasteiger charge is 2.40. The van der Waals surface area contributed by atoms with Crippen LogP contribution in [0.3, 0.4) is 0 Å². The molecule has 0 saturated carbocycles. The van der Waals surface area contributed by atoms with Gasteiger partial charge >= 0.3 is 0 Å². The summed E-state index contributed by atoms with van der Waals surface area (Å²) in [4.78, 5) is 14.0. The minimum absolute atomic E-state index is 0.0293. The molecule has 0 saturated heterocycles. The molecule has 0 aliphatic rings. The molecule has 1 N–H and O–H groups in total. The summed E-state index contributed by atoms with van der Waals surface area (Å²) in [5, 5.41) is 13.1. The van der Waals surface area contributed by atoms with E-state index in [4.69, 9.17) is 51.5 Å². The number of hydrogen-bond acceptors (Lipinski definition) is 9. The highest BCUT2D eigenvalue weighted by Crippen LogP contribution is 2.43. The smallest absolute Gasteiger partial charge is 0.191 e. The van der Waals surface area contributed by atoms with Gasteiger partial charge in [-0.1, -0.05) is 119 Å². The highest BCUT2D eigenvalue weighted by atomic mass is 35.5. The van der Waals surface area contributed by atoms with Crippen molar-refractivity contribution in [1.82, 2.24) is 19.7 Å². The monoisotopic (exact) mass is 866 g/mol. The van der Waals surface area contributed by atoms with Gasteiger partial charge in [-0.2, -0.15) is 4.73 Å². The van der Waals surface area contributed by atoms with Gasteiger partial charge in [0.25, 0.3) is 0 Å². The number of nitrogens with zero attached hydrogens (tertiary/aromatic N) is 4. The first-order chi connectivity index (χ1) is 26.7. The van der Waals surface area contributed by atoms with Crippen LogP contribution in [0.15, 0.2) is 84.1 Å². The highest BCUT2D eigenvalue weighted by molar-refractivity contribution is 7.98. The predicted octanol–water partition coefficient (Wildman–Crippen LogP) is 12.6. The molecular formula is C43H56Cl2N4O5SSi2. The van der Waals surface area contributed by atoms with Gasteiger partial charge in [0.2, 0.25) is 0 Å². The Morgan fingerprint density at radius 2 is 1.37 bits per heavy atom. The summed E-state index contributed by atoms with van der Waals surface area (Å²) in [6.07, 6.45) is 3.54. The van der Waals surface area contributed by atoms with Crippen LogP contribution in [0.2, 0.25) is 46.3 Å². The summed E-state index contributed by atoms with van der Waals surface area (Å²) >= 11 is 15.4. The van der Waals surface area contributed by atoms with E-state index < -0.39 is 16.6 Å². The van der Waals surface area contributed by atoms with Crippen LogP contribution >= 0.6 is 35.0 Å². The second-order valence-corrected chi connectivity index (χ2v) is 28.5. The molecule has 5 rings (SSSR count). The molecule has 57 heavy (non-hydrogen) atoms. The summed E-state index contributed by atoms with van der Waals surface area (Å²) in [6, 6.07) is 22.6. The molecule has 0 aliphatic carbocycles. The van der Waals surface area contributed by atoms with E-state index in [2.05, 4.69) is 72.7 Å². The Labute approximate surface area is 354 Å². The zero-order valence-electron chi connectivity index (χ0n) is 34.9. The molecule has 0 fully saturated rings. The number of halogens is 2. The van der Waals surface area contributed by atoms with Crippen molar-refractivity contribution in [2.75, 3.05) is 26.1 Å². The van der Waals surface area contributed by atoms with Gasteiger partial charge in [0.15, 0.2) is 27.6 Å². The molecule has 14 heteroatoms. The first kappa shape index (κ1) is 44.7. The third-order valence-corrected chi connectivity index (χ3v) is 21.1. The van der Waals surface area contributed by atoms with Gasteiger partial charge in [-0.05, 0) is 78.4 Å². The number of benzene rings is 3. The van der Waals surface area contributed by atoms with Crippen LogP contribution < -0.4 is 9.47 Å². The van der Waals surface area contributed by atoms with Crippen molar-refractivity contribution >= 4 is 51.6 Å². The van der Waals surface area contributed by atoms with Crippen molar-refractivity contribution in [2.24, 2.45) is 5.92 Å². The van der Waals surface area contributed by atoms with Crippen molar-refractivity contribution in [2.45, 2.75) is 89.6 Å². The lowest BCUT2D eigenvalue weighted by atomic mass is 10.1. The summed E-state index contributed by atoms with van der Waals surface area (Å²) in [5.41, 5.74) is 3.37. The van der Waals surface area contributed by atoms with Crippen LogP contribution in [0.5, 0.6) is 11.5 Å². The first-order valence-electron chi connectivity index (χ1n) is 19.1. The average molecular weight is 868 g/mol. The molecule has 0 unspecified atom stereocenters. The Morgan fingerprint density at radius 1 is 0.754 bits per heavy atom. The Morgan fingerprint density at radius 3 is 1.95 bits per heavy atom. The lowest BCUT2D eigenvalue weighted by Crippen LogP contribution is -2.45. The van der Waals surface area contributed by atoms with Crippen molar-refractivity contribution in [1.29, 1.82) is 0 Å². The Bertz CT molecular complexity index is 2090. The van der Waals surface area contributed by atoms with Gasteiger partial charge in [-0.25, -0.2) is 15.0 Å². The molecule has 0 spiro atoms. The minimum atomic E-state index is -2.03. The Kier molecular flexibility index (Phi) is 14.3. The molecule has 3 aromatic carbocycles. The fourth-order valence-corrected chi connectivity index (χ4v) is 8.50. The quantitative estimate of drug-likeness (QED) is 0.0450. The molecule has 5 aromatic rings. The number of hydrogen-bond donors (Lipinski definition) is 1. The van der Waals surface area contributed by atoms with Gasteiger partial charge in [0.1, 0.15) is 29.5 Å². The Hall–Kier alpha value is -3.37. The molecule has 0 bridgehead atoms. The van der Waals surface area contributed by atoms with Crippen LogP contribution in [0.25, 0.3) is 34.0 Å². The first-order valence-corrected chi connectivity index (χ1v) is 26.9. The van der Waals surface area contributed by atoms with E-state index in [-0.39, 0.29) is 31.9 Å². The number of thioether (sulfide) groups is 1. The predicted molar refractivity (Wildman–Crippen MR) is 239 cm³/mol. The van der Waals surface area contributed by atoms with E-state index in [9.17, 15) is 5.21 Å². The number of aromatic nitrogens is 4. The molecule has 2 heterocycles. The van der Waals surface area contributed by atoms with E-state index >= 15 is 0 Å². The summed E-state index contributed by atoms with van der Waals surface area (Å²) in [6.45, 7) is 24.2. The van der Waals surface area contributed by atoms with Crippen LogP contribution in [0.4, 0.5) is 0 Å². The number of imidazole rings is 1. The van der Waals surface area contributed by atoms with Crippen molar-refractivity contribution in [3.05, 3.63) is 94.6 Å². The maximum atomic E-state index is 11.9. The number of rotatable bonds is 16. The third kappa shape index (κ3) is 11.0. The normalized spacial score (nSPS) is 12.7. The van der Waals surface area contributed by atoms with Gasteiger partial charge < -0.3 is 23.5 Å². The third-order valence-electron chi connectivity index (χ3n) is 11.0. The second-order valence-electron chi connectivity index (χ2n) is 17.3. The molecule has 2 aromatic heterocycles. The maximum Gasteiger partial charge on any atom is 0.191 e. The van der Waals surface area contributed by atoms with Crippen molar-refractivity contribution in [3.8, 4) is 45.5 Å². The molecule has 306 valence electrons. The van der Waals surface area contributed by atoms with E-state index in [1.54, 1.807) is 24.4 Å². The fourth-order valence-electron chi connectivity index (χ4n) is 5.34. The molecule has 0 aliphatic heterocycles. The van der Waals surface area contributed by atoms with Gasteiger partial charge in [-0.15, -0.1) is 0 Å². The largest absolute Gasteiger partial charge is 0.493 e. The topological polar surface area (TPSA) is 101 Å². The van der Waals surface area contributed by atoms with E-state index in [0.717, 1.165) is 10.3 Å². The SMILES string of the molecule is CSc1nccc(-c2c(-c3cccc(OCc4ccccc4)c3)nc(-c3c(Cl)cc(OCC(CO[Si](C)(C)C(C)(C)C)CO[Si](C)(C)C(C)(C)C)cc3Cl)n2O)n1. The van der Waals surface area contributed by atoms with Crippen molar-refractivity contribution in [3.63, 3.8) is 0 Å². The Balaban J connectivity index is 1.47. The molecule has 9 nitrogen and oxygen atoms in total. The standard InChI is InChI=1S/C43H56Cl2N4O5SSi2/c1-42(2,3)56(8,9)53-27-30(28-54-57(10,11)43(4,5)6)26-52-33-23-34(44)37(35(45)24-33)40-48-38(39(49(40)50)36-20-21-46-41(47-36)55-7)31-18-15-19-32(22-31)51-25-29-16-13-12-14-17-29/h12-24,30,50H,25-28H2,1-11H3. The molecule has 0 atom stereocenters. The van der Waals surface area contributed by atoms with Crippen LogP contribution in [0.1, 0.15) is 47.1 Å². The van der Waals surface area contributed by atoms with Crippen LogP contribution in [0, 0.1) is 5.92 Å². The summed E-state index contributed by atoms with van der Waals surface area (Å²) in [7, 11) is -4.05. The fraction of sp³-hybridized carbons (Fsp3) is 0.419. The van der Waals surface area contributed by atoms with E-state index in [1.165, 1.54) is 11.8 Å². The summed E-state index contributed by atoms with van der Waals surface area (Å²) in [5.74, 6) is 1.24. The van der Waals surface area contributed by atoms with Gasteiger partial charge in [-0.3, -0.25) is 0 Å². The van der Waals surface area contributed by atoms with Gasteiger partial charge in [0, 0.05) is 30.9 Å². The number of ether oxygens (including phenoxy) is 2. The van der Waals surface area contributed by atoms with Crippen LogP contribution in [-0.2, 0) is 15.5 Å². The lowest BCUT2D eigenvalue weighted by Gasteiger charge is -2.39. The van der Waals surface area contributed by atoms with E-state index in [0.29, 0.717) is 71.3 Å². The zero-order valence-corrected chi connectivity index (χ0v) is 39.3. The average Bonchev–Trinajstić information content (AvgIpc) is 3.49. The van der Waals surface area contributed by atoms with Crippen LogP contribution in [-0.4, -0.2) is 67.6 Å². The molecular weight excluding hydrogens is 812 g/mol. The molecule has 0 amide bonds. The minimum Gasteiger partial charge on any atom is -0.493 e. The van der Waals surface area contributed by atoms with Crippen molar-refractivity contribution < 1.29 is 23.5 Å². The second kappa shape index (κ2) is 18.3. The maximum absolute atomic E-state index is 11.9. The summed E-state index contributed by atoms with van der Waals surface area (Å²) < 4.78 is 26.8. The zero-order chi connectivity index (χ0) is 41.8. The molecule has 0 radical (unpaired) electrons. The van der Waals surface area contributed by atoms with Gasteiger partial charge in [0.05, 0.1) is 27.9 Å². The lowest BCUT2D eigenvalue weighted by molar-refractivity contribution is 0.113. The van der Waals surface area contributed by atoms with E-state index in [1.807, 2.05) is 60.9 Å².